The number of fused-ring (bicyclic) bond motifs is 1. The van der Waals surface area contributed by atoms with E-state index in [4.69, 9.17) is 0 Å². The van der Waals surface area contributed by atoms with Gasteiger partial charge in [0.1, 0.15) is 10.0 Å². The monoisotopic (exact) mass is 289 g/mol. The Labute approximate surface area is 125 Å². The molecule has 0 unspecified atom stereocenters. The first-order valence-electron chi connectivity index (χ1n) is 6.63. The molecule has 0 N–H and O–H groups in total. The van der Waals surface area contributed by atoms with E-state index >= 15 is 0 Å². The number of hydrogen-bond acceptors (Lipinski definition) is 4. The van der Waals surface area contributed by atoms with E-state index in [1.165, 1.54) is 10.8 Å². The molecule has 0 saturated heterocycles. The second kappa shape index (κ2) is 5.07. The van der Waals surface area contributed by atoms with Gasteiger partial charge in [0.05, 0.1) is 0 Å². The summed E-state index contributed by atoms with van der Waals surface area (Å²) >= 11 is 1.59. The lowest BCUT2D eigenvalue weighted by atomic mass is 10.1. The number of aromatic nitrogens is 3. The van der Waals surface area contributed by atoms with Crippen LogP contribution < -0.4 is 0 Å². The van der Waals surface area contributed by atoms with E-state index < -0.39 is 0 Å². The molecule has 2 aromatic heterocycles. The molecular formula is C17H11N3S. The molecule has 0 spiro atoms. The van der Waals surface area contributed by atoms with Crippen LogP contribution in [0.15, 0.2) is 67.0 Å². The minimum atomic E-state index is 0.895. The highest BCUT2D eigenvalue weighted by molar-refractivity contribution is 7.17. The fourth-order valence-electron chi connectivity index (χ4n) is 2.27. The third kappa shape index (κ3) is 2.30. The SMILES string of the molecule is c1cncc(-c2nnc(-c3ccc4ccccc4c3)s2)c1. The molecule has 0 atom stereocenters. The van der Waals surface area contributed by atoms with Gasteiger partial charge in [-0.25, -0.2) is 0 Å². The standard InChI is InChI=1S/C17H11N3S/c1-2-5-13-10-14(8-7-12(13)4-1)16-19-20-17(21-16)15-6-3-9-18-11-15/h1-11H. The Bertz CT molecular complexity index is 900. The first-order valence-corrected chi connectivity index (χ1v) is 7.45. The van der Waals surface area contributed by atoms with Crippen molar-refractivity contribution in [2.75, 3.05) is 0 Å². The van der Waals surface area contributed by atoms with Crippen molar-refractivity contribution in [3.63, 3.8) is 0 Å². The number of nitrogens with zero attached hydrogens (tertiary/aromatic N) is 3. The number of pyridine rings is 1. The lowest BCUT2D eigenvalue weighted by molar-refractivity contribution is 1.10. The topological polar surface area (TPSA) is 38.7 Å². The highest BCUT2D eigenvalue weighted by atomic mass is 32.1. The van der Waals surface area contributed by atoms with Crippen molar-refractivity contribution >= 4 is 22.1 Å². The van der Waals surface area contributed by atoms with Crippen LogP contribution in [0.5, 0.6) is 0 Å². The molecule has 2 heterocycles. The summed E-state index contributed by atoms with van der Waals surface area (Å²) in [7, 11) is 0. The van der Waals surface area contributed by atoms with Gasteiger partial charge in [-0.2, -0.15) is 0 Å². The zero-order chi connectivity index (χ0) is 14.1. The van der Waals surface area contributed by atoms with Crippen LogP contribution in [-0.2, 0) is 0 Å². The van der Waals surface area contributed by atoms with Gasteiger partial charge < -0.3 is 0 Å². The molecule has 0 fully saturated rings. The summed E-state index contributed by atoms with van der Waals surface area (Å²) in [4.78, 5) is 4.12. The maximum Gasteiger partial charge on any atom is 0.149 e. The first-order chi connectivity index (χ1) is 10.4. The average Bonchev–Trinajstić information content (AvgIpc) is 3.05. The van der Waals surface area contributed by atoms with Gasteiger partial charge >= 0.3 is 0 Å². The molecule has 4 rings (SSSR count). The van der Waals surface area contributed by atoms with Crippen LogP contribution >= 0.6 is 11.3 Å². The molecule has 0 amide bonds. The van der Waals surface area contributed by atoms with Crippen LogP contribution in [0.1, 0.15) is 0 Å². The lowest BCUT2D eigenvalue weighted by Crippen LogP contribution is -1.79. The number of hydrogen-bond donors (Lipinski definition) is 0. The van der Waals surface area contributed by atoms with E-state index in [0.717, 1.165) is 21.1 Å². The third-order valence-electron chi connectivity index (χ3n) is 3.33. The molecule has 0 aliphatic rings. The molecule has 0 radical (unpaired) electrons. The van der Waals surface area contributed by atoms with E-state index in [0.29, 0.717) is 0 Å². The van der Waals surface area contributed by atoms with E-state index in [1.54, 1.807) is 17.5 Å². The molecule has 2 aromatic carbocycles. The van der Waals surface area contributed by atoms with Crippen molar-refractivity contribution in [3.05, 3.63) is 67.0 Å². The Morgan fingerprint density at radius 1 is 0.714 bits per heavy atom. The number of benzene rings is 2. The van der Waals surface area contributed by atoms with Gasteiger partial charge in [-0.05, 0) is 29.0 Å². The van der Waals surface area contributed by atoms with Gasteiger partial charge in [0.25, 0.3) is 0 Å². The molecule has 21 heavy (non-hydrogen) atoms. The highest BCUT2D eigenvalue weighted by Crippen LogP contribution is 2.31. The minimum Gasteiger partial charge on any atom is -0.264 e. The third-order valence-corrected chi connectivity index (χ3v) is 4.35. The fraction of sp³-hybridized carbons (Fsp3) is 0. The second-order valence-corrected chi connectivity index (χ2v) is 5.69. The zero-order valence-electron chi connectivity index (χ0n) is 11.1. The quantitative estimate of drug-likeness (QED) is 0.548. The van der Waals surface area contributed by atoms with Crippen LogP contribution in [0, 0.1) is 0 Å². The molecule has 0 saturated carbocycles. The van der Waals surface area contributed by atoms with Crippen LogP contribution in [-0.4, -0.2) is 15.2 Å². The van der Waals surface area contributed by atoms with E-state index in [1.807, 2.05) is 30.5 Å². The fourth-order valence-corrected chi connectivity index (χ4v) is 3.10. The molecule has 3 nitrogen and oxygen atoms in total. The van der Waals surface area contributed by atoms with Gasteiger partial charge in [0, 0.05) is 23.5 Å². The van der Waals surface area contributed by atoms with Crippen molar-refractivity contribution in [2.45, 2.75) is 0 Å². The summed E-state index contributed by atoms with van der Waals surface area (Å²) in [5.41, 5.74) is 2.10. The zero-order valence-corrected chi connectivity index (χ0v) is 11.9. The number of rotatable bonds is 2. The summed E-state index contributed by atoms with van der Waals surface area (Å²) in [6.45, 7) is 0. The Morgan fingerprint density at radius 2 is 1.52 bits per heavy atom. The maximum atomic E-state index is 4.31. The summed E-state index contributed by atoms with van der Waals surface area (Å²) in [6.07, 6.45) is 3.57. The van der Waals surface area contributed by atoms with Crippen LogP contribution in [0.4, 0.5) is 0 Å². The summed E-state index contributed by atoms with van der Waals surface area (Å²) in [5, 5.41) is 12.9. The van der Waals surface area contributed by atoms with E-state index in [9.17, 15) is 0 Å². The van der Waals surface area contributed by atoms with Crippen molar-refractivity contribution in [2.24, 2.45) is 0 Å². The van der Waals surface area contributed by atoms with Gasteiger partial charge in [-0.3, -0.25) is 4.98 Å². The molecular weight excluding hydrogens is 278 g/mol. The van der Waals surface area contributed by atoms with Crippen LogP contribution in [0.25, 0.3) is 31.9 Å². The highest BCUT2D eigenvalue weighted by Gasteiger charge is 2.09. The Kier molecular flexibility index (Phi) is 2.94. The van der Waals surface area contributed by atoms with Crippen molar-refractivity contribution in [1.82, 2.24) is 15.2 Å². The smallest absolute Gasteiger partial charge is 0.149 e. The molecule has 4 aromatic rings. The molecule has 4 heteroatoms. The van der Waals surface area contributed by atoms with Gasteiger partial charge in [-0.15, -0.1) is 10.2 Å². The van der Waals surface area contributed by atoms with E-state index in [2.05, 4.69) is 45.5 Å². The lowest BCUT2D eigenvalue weighted by Gasteiger charge is -1.99. The summed E-state index contributed by atoms with van der Waals surface area (Å²) in [6, 6.07) is 18.6. The van der Waals surface area contributed by atoms with Crippen molar-refractivity contribution in [1.29, 1.82) is 0 Å². The van der Waals surface area contributed by atoms with Gasteiger partial charge in [-0.1, -0.05) is 47.7 Å². The van der Waals surface area contributed by atoms with Crippen molar-refractivity contribution in [3.8, 4) is 21.1 Å². The van der Waals surface area contributed by atoms with Gasteiger partial charge in [0.2, 0.25) is 0 Å². The largest absolute Gasteiger partial charge is 0.264 e. The van der Waals surface area contributed by atoms with Crippen LogP contribution in [0.2, 0.25) is 0 Å². The van der Waals surface area contributed by atoms with E-state index in [-0.39, 0.29) is 0 Å². The average molecular weight is 289 g/mol. The first kappa shape index (κ1) is 12.2. The molecule has 0 aliphatic carbocycles. The molecule has 100 valence electrons. The Hall–Kier alpha value is -2.59. The molecule has 0 aliphatic heterocycles. The normalized spacial score (nSPS) is 10.9. The predicted molar refractivity (Wildman–Crippen MR) is 86.1 cm³/mol. The Morgan fingerprint density at radius 3 is 2.33 bits per heavy atom. The van der Waals surface area contributed by atoms with Crippen LogP contribution in [0.3, 0.4) is 0 Å². The van der Waals surface area contributed by atoms with Crippen molar-refractivity contribution < 1.29 is 0 Å². The maximum absolute atomic E-state index is 4.31. The summed E-state index contributed by atoms with van der Waals surface area (Å²) < 4.78 is 0. The molecule has 0 bridgehead atoms. The predicted octanol–water partition coefficient (Wildman–Crippen LogP) is 4.42. The summed E-state index contributed by atoms with van der Waals surface area (Å²) in [5.74, 6) is 0. The Balaban J connectivity index is 1.77. The minimum absolute atomic E-state index is 0.895. The second-order valence-electron chi connectivity index (χ2n) is 4.72. The van der Waals surface area contributed by atoms with Gasteiger partial charge in [0.15, 0.2) is 0 Å².